The molecule has 0 amide bonds. The van der Waals surface area contributed by atoms with E-state index in [9.17, 15) is 0 Å². The van der Waals surface area contributed by atoms with Crippen molar-refractivity contribution in [2.75, 3.05) is 4.90 Å². The molecule has 9 aromatic carbocycles. The molecule has 0 aromatic heterocycles. The van der Waals surface area contributed by atoms with Crippen LogP contribution in [0.1, 0.15) is 90.5 Å². The van der Waals surface area contributed by atoms with E-state index in [1.165, 1.54) is 127 Å². The van der Waals surface area contributed by atoms with E-state index in [1.807, 2.05) is 0 Å². The molecular weight excluding hydrogens is 831 g/mol. The molecule has 4 saturated carbocycles. The Kier molecular flexibility index (Phi) is 8.30. The molecule has 7 aliphatic carbocycles. The number of rotatable bonds is 6. The van der Waals surface area contributed by atoms with Gasteiger partial charge in [-0.2, -0.15) is 0 Å². The summed E-state index contributed by atoms with van der Waals surface area (Å²) in [6, 6.07) is 81.6. The van der Waals surface area contributed by atoms with Crippen LogP contribution in [0.25, 0.3) is 44.5 Å². The van der Waals surface area contributed by atoms with E-state index in [2.05, 4.69) is 231 Å². The molecule has 4 bridgehead atoms. The van der Waals surface area contributed by atoms with Crippen molar-refractivity contribution >= 4 is 17.1 Å². The molecule has 1 nitrogen and oxygen atoms in total. The third-order valence-corrected chi connectivity index (χ3v) is 18.5. The van der Waals surface area contributed by atoms with Crippen molar-refractivity contribution in [1.29, 1.82) is 0 Å². The van der Waals surface area contributed by atoms with Gasteiger partial charge in [0.2, 0.25) is 0 Å². The summed E-state index contributed by atoms with van der Waals surface area (Å²) in [6.45, 7) is 4.80. The largest absolute Gasteiger partial charge is 0.310 e. The van der Waals surface area contributed by atoms with Crippen molar-refractivity contribution in [3.8, 4) is 44.5 Å². The number of fused-ring (bicyclic) bond motifs is 9. The lowest BCUT2D eigenvalue weighted by Crippen LogP contribution is -2.55. The Bertz CT molecular complexity index is 3470. The van der Waals surface area contributed by atoms with E-state index in [4.69, 9.17) is 0 Å². The fraction of sp³-hybridized carbons (Fsp3) is 0.206. The van der Waals surface area contributed by atoms with E-state index in [-0.39, 0.29) is 10.8 Å². The molecule has 0 N–H and O–H groups in total. The Morgan fingerprint density at radius 3 is 1.42 bits per heavy atom. The predicted molar refractivity (Wildman–Crippen MR) is 285 cm³/mol. The van der Waals surface area contributed by atoms with Crippen LogP contribution in [0.15, 0.2) is 212 Å². The topological polar surface area (TPSA) is 3.24 Å². The van der Waals surface area contributed by atoms with Crippen LogP contribution in [-0.4, -0.2) is 0 Å². The molecule has 69 heavy (non-hydrogen) atoms. The minimum atomic E-state index is -0.498. The Labute approximate surface area is 407 Å². The average Bonchev–Trinajstić information content (AvgIpc) is 3.95. The molecule has 7 aliphatic rings. The summed E-state index contributed by atoms with van der Waals surface area (Å²) >= 11 is 0. The van der Waals surface area contributed by atoms with Gasteiger partial charge in [-0.05, 0) is 181 Å². The van der Waals surface area contributed by atoms with Crippen LogP contribution < -0.4 is 4.90 Å². The molecule has 16 rings (SSSR count). The summed E-state index contributed by atoms with van der Waals surface area (Å²) in [7, 11) is 0. The zero-order valence-electron chi connectivity index (χ0n) is 39.5. The fourth-order valence-corrected chi connectivity index (χ4v) is 16.2. The van der Waals surface area contributed by atoms with Crippen molar-refractivity contribution in [1.82, 2.24) is 0 Å². The highest BCUT2D eigenvalue weighted by Gasteiger charge is 2.61. The Morgan fingerprint density at radius 2 is 0.797 bits per heavy atom. The highest BCUT2D eigenvalue weighted by atomic mass is 15.1. The third kappa shape index (κ3) is 5.26. The summed E-state index contributed by atoms with van der Waals surface area (Å²) in [5, 5.41) is 0. The lowest BCUT2D eigenvalue weighted by atomic mass is 9.43. The number of hydrogen-bond donors (Lipinski definition) is 0. The maximum Gasteiger partial charge on any atom is 0.0714 e. The lowest BCUT2D eigenvalue weighted by molar-refractivity contribution is -0.0399. The predicted octanol–water partition coefficient (Wildman–Crippen LogP) is 17.2. The van der Waals surface area contributed by atoms with E-state index >= 15 is 0 Å². The van der Waals surface area contributed by atoms with Gasteiger partial charge in [-0.25, -0.2) is 0 Å². The number of hydrogen-bond acceptors (Lipinski definition) is 1. The van der Waals surface area contributed by atoms with Crippen molar-refractivity contribution in [2.45, 2.75) is 62.2 Å². The molecule has 332 valence electrons. The average molecular weight is 886 g/mol. The second-order valence-corrected chi connectivity index (χ2v) is 22.0. The normalized spacial score (nSPS) is 22.9. The molecule has 0 aliphatic heterocycles. The van der Waals surface area contributed by atoms with Gasteiger partial charge >= 0.3 is 0 Å². The van der Waals surface area contributed by atoms with Gasteiger partial charge in [-0.15, -0.1) is 0 Å². The first-order chi connectivity index (χ1) is 33.9. The van der Waals surface area contributed by atoms with Crippen LogP contribution in [0.4, 0.5) is 17.1 Å². The van der Waals surface area contributed by atoms with Crippen molar-refractivity contribution in [3.05, 3.63) is 257 Å². The van der Waals surface area contributed by atoms with Gasteiger partial charge in [0.1, 0.15) is 0 Å². The minimum absolute atomic E-state index is 0.0678. The van der Waals surface area contributed by atoms with E-state index in [0.717, 1.165) is 11.8 Å². The number of nitrogens with zero attached hydrogens (tertiary/aromatic N) is 1. The van der Waals surface area contributed by atoms with E-state index in [1.54, 1.807) is 11.1 Å². The maximum atomic E-state index is 2.67. The molecule has 0 atom stereocenters. The zero-order valence-corrected chi connectivity index (χ0v) is 39.5. The van der Waals surface area contributed by atoms with Gasteiger partial charge in [0.25, 0.3) is 0 Å². The number of anilines is 3. The van der Waals surface area contributed by atoms with Gasteiger partial charge in [0, 0.05) is 27.9 Å². The van der Waals surface area contributed by atoms with Gasteiger partial charge in [0.05, 0.1) is 5.41 Å². The van der Waals surface area contributed by atoms with Crippen LogP contribution in [0, 0.1) is 23.7 Å². The maximum absolute atomic E-state index is 2.67. The quantitative estimate of drug-likeness (QED) is 0.161. The van der Waals surface area contributed by atoms with Crippen LogP contribution in [-0.2, 0) is 16.2 Å². The summed E-state index contributed by atoms with van der Waals surface area (Å²) in [6.07, 6.45) is 6.93. The van der Waals surface area contributed by atoms with Gasteiger partial charge in [-0.3, -0.25) is 0 Å². The summed E-state index contributed by atoms with van der Waals surface area (Å²) < 4.78 is 0. The van der Waals surface area contributed by atoms with Crippen molar-refractivity contribution < 1.29 is 0 Å². The first-order valence-electron chi connectivity index (χ1n) is 25.7. The summed E-state index contributed by atoms with van der Waals surface area (Å²) in [5.74, 6) is 3.17. The molecule has 0 saturated heterocycles. The molecule has 0 heterocycles. The Balaban J connectivity index is 0.949. The highest BCUT2D eigenvalue weighted by molar-refractivity contribution is 5.92. The SMILES string of the molecule is CC1(C)c2ccccc2-c2cccc(-c3ccc(N(c4ccc5c(c4)C(c4ccccc4)(c4ccccc4)c4ccccc4-5)c4ccc5c(c4)C4(c6ccccc6-5)C5CC6CC(C5)CC4C6)cc3)c21. The first-order valence-corrected chi connectivity index (χ1v) is 25.7. The second-order valence-electron chi connectivity index (χ2n) is 22.0. The molecule has 9 aromatic rings. The van der Waals surface area contributed by atoms with Crippen LogP contribution >= 0.6 is 0 Å². The minimum Gasteiger partial charge on any atom is -0.310 e. The highest BCUT2D eigenvalue weighted by Crippen LogP contribution is 2.70. The third-order valence-electron chi connectivity index (χ3n) is 18.5. The van der Waals surface area contributed by atoms with Gasteiger partial charge < -0.3 is 4.90 Å². The lowest BCUT2D eigenvalue weighted by Gasteiger charge is -2.61. The Morgan fingerprint density at radius 1 is 0.348 bits per heavy atom. The standard InChI is InChI=1S/C68H55N/c1-66(2)60-25-12-9-22-56(60)59-24-15-23-53(65(59)66)45-28-30-50(31-29-45)69(52-33-35-58-55-21-11-14-27-62(55)68(64(58)42-52)48-37-43-36-44(39-48)40-49(68)38-43)51-32-34-57-54-20-10-13-26-61(54)67(63(57)41-51,46-16-5-3-6-17-46)47-18-7-4-8-19-47/h3-35,41-44,48-49H,36-40H2,1-2H3. The van der Waals surface area contributed by atoms with Gasteiger partial charge in [0.15, 0.2) is 0 Å². The molecule has 0 radical (unpaired) electrons. The molecule has 4 fully saturated rings. The van der Waals surface area contributed by atoms with Crippen molar-refractivity contribution in [3.63, 3.8) is 0 Å². The van der Waals surface area contributed by atoms with E-state index < -0.39 is 5.41 Å². The smallest absolute Gasteiger partial charge is 0.0714 e. The van der Waals surface area contributed by atoms with Crippen LogP contribution in [0.2, 0.25) is 0 Å². The van der Waals surface area contributed by atoms with E-state index in [0.29, 0.717) is 11.8 Å². The number of benzene rings is 9. The van der Waals surface area contributed by atoms with Crippen molar-refractivity contribution in [2.24, 2.45) is 23.7 Å². The first kappa shape index (κ1) is 39.7. The second kappa shape index (κ2) is 14.4. The molecular formula is C68H55N. The molecule has 0 unspecified atom stereocenters. The zero-order chi connectivity index (χ0) is 45.6. The molecule has 1 heteroatoms. The Hall–Kier alpha value is -7.22. The van der Waals surface area contributed by atoms with Gasteiger partial charge in [-0.1, -0.05) is 190 Å². The summed E-state index contributed by atoms with van der Waals surface area (Å²) in [5.41, 5.74) is 25.1. The van der Waals surface area contributed by atoms with Crippen LogP contribution in [0.5, 0.6) is 0 Å². The van der Waals surface area contributed by atoms with Crippen LogP contribution in [0.3, 0.4) is 0 Å². The fourth-order valence-electron chi connectivity index (χ4n) is 16.2. The molecule has 1 spiro atoms. The monoisotopic (exact) mass is 885 g/mol. The summed E-state index contributed by atoms with van der Waals surface area (Å²) in [4.78, 5) is 2.59.